The minimum Gasteiger partial charge on any atom is -0.332 e. The average Bonchev–Trinajstić information content (AvgIpc) is 2.55. The molecule has 6 nitrogen and oxygen atoms in total. The standard InChI is InChI=1S/C16H17N3O3S2/c1-11(20)12-4-3-5-14(10-12)19-16(23)18-13-6-8-15(9-7-13)24(21,22)17-2/h3-10,17H,1-2H3,(H2,18,19,23). The van der Waals surface area contributed by atoms with Gasteiger partial charge in [0.25, 0.3) is 0 Å². The zero-order valence-electron chi connectivity index (χ0n) is 13.2. The second-order valence-electron chi connectivity index (χ2n) is 4.95. The fourth-order valence-electron chi connectivity index (χ4n) is 1.94. The lowest BCUT2D eigenvalue weighted by atomic mass is 10.1. The zero-order chi connectivity index (χ0) is 17.7. The Morgan fingerprint density at radius 2 is 1.62 bits per heavy atom. The lowest BCUT2D eigenvalue weighted by Gasteiger charge is -2.11. The van der Waals surface area contributed by atoms with Gasteiger partial charge in [-0.2, -0.15) is 0 Å². The first-order valence-electron chi connectivity index (χ1n) is 7.04. The normalized spacial score (nSPS) is 10.9. The first-order chi connectivity index (χ1) is 11.3. The van der Waals surface area contributed by atoms with Crippen LogP contribution in [-0.4, -0.2) is 26.4 Å². The second-order valence-corrected chi connectivity index (χ2v) is 7.24. The van der Waals surface area contributed by atoms with Crippen molar-refractivity contribution in [1.82, 2.24) is 4.72 Å². The summed E-state index contributed by atoms with van der Waals surface area (Å²) >= 11 is 5.22. The fourth-order valence-corrected chi connectivity index (χ4v) is 2.91. The minimum atomic E-state index is -3.46. The SMILES string of the molecule is CNS(=O)(=O)c1ccc(NC(=S)Nc2cccc(C(C)=O)c2)cc1. The lowest BCUT2D eigenvalue weighted by Crippen LogP contribution is -2.20. The maximum atomic E-state index is 11.7. The summed E-state index contributed by atoms with van der Waals surface area (Å²) < 4.78 is 25.6. The van der Waals surface area contributed by atoms with E-state index >= 15 is 0 Å². The maximum Gasteiger partial charge on any atom is 0.240 e. The van der Waals surface area contributed by atoms with Gasteiger partial charge in [-0.25, -0.2) is 13.1 Å². The molecule has 8 heteroatoms. The highest BCUT2D eigenvalue weighted by atomic mass is 32.2. The Labute approximate surface area is 146 Å². The molecule has 0 atom stereocenters. The summed E-state index contributed by atoms with van der Waals surface area (Å²) in [4.78, 5) is 11.6. The number of rotatable bonds is 5. The number of thiocarbonyl (C=S) groups is 1. The van der Waals surface area contributed by atoms with Gasteiger partial charge in [-0.05, 0) is 62.6 Å². The van der Waals surface area contributed by atoms with Crippen LogP contribution in [-0.2, 0) is 10.0 Å². The van der Waals surface area contributed by atoms with Crippen molar-refractivity contribution in [1.29, 1.82) is 0 Å². The van der Waals surface area contributed by atoms with Crippen LogP contribution in [0.1, 0.15) is 17.3 Å². The van der Waals surface area contributed by atoms with E-state index in [4.69, 9.17) is 12.2 Å². The molecule has 0 saturated carbocycles. The van der Waals surface area contributed by atoms with Crippen LogP contribution >= 0.6 is 12.2 Å². The molecule has 0 spiro atoms. The van der Waals surface area contributed by atoms with Gasteiger partial charge in [-0.15, -0.1) is 0 Å². The van der Waals surface area contributed by atoms with E-state index in [-0.39, 0.29) is 10.7 Å². The Bertz CT molecular complexity index is 862. The highest BCUT2D eigenvalue weighted by Crippen LogP contribution is 2.15. The Morgan fingerprint density at radius 3 is 2.21 bits per heavy atom. The molecular formula is C16H17N3O3S2. The van der Waals surface area contributed by atoms with E-state index < -0.39 is 10.0 Å². The van der Waals surface area contributed by atoms with Gasteiger partial charge < -0.3 is 10.6 Å². The smallest absolute Gasteiger partial charge is 0.240 e. The number of sulfonamides is 1. The number of carbonyl (C=O) groups is 1. The first kappa shape index (κ1) is 18.1. The van der Waals surface area contributed by atoms with Gasteiger partial charge in [0.2, 0.25) is 10.0 Å². The summed E-state index contributed by atoms with van der Waals surface area (Å²) in [6.45, 7) is 1.50. The van der Waals surface area contributed by atoms with Crippen molar-refractivity contribution in [2.45, 2.75) is 11.8 Å². The molecule has 2 aromatic carbocycles. The zero-order valence-corrected chi connectivity index (χ0v) is 14.8. The molecule has 0 unspecified atom stereocenters. The van der Waals surface area contributed by atoms with E-state index in [9.17, 15) is 13.2 Å². The van der Waals surface area contributed by atoms with Crippen LogP contribution in [0.4, 0.5) is 11.4 Å². The van der Waals surface area contributed by atoms with Gasteiger partial charge >= 0.3 is 0 Å². The molecule has 0 fully saturated rings. The van der Waals surface area contributed by atoms with Crippen molar-refractivity contribution >= 4 is 44.5 Å². The lowest BCUT2D eigenvalue weighted by molar-refractivity contribution is 0.101. The third-order valence-electron chi connectivity index (χ3n) is 3.22. The van der Waals surface area contributed by atoms with Crippen molar-refractivity contribution in [2.75, 3.05) is 17.7 Å². The van der Waals surface area contributed by atoms with Crippen molar-refractivity contribution in [2.24, 2.45) is 0 Å². The molecule has 0 aliphatic carbocycles. The Hall–Kier alpha value is -2.29. The molecule has 0 aliphatic rings. The quantitative estimate of drug-likeness (QED) is 0.559. The van der Waals surface area contributed by atoms with E-state index in [1.807, 2.05) is 0 Å². The van der Waals surface area contributed by atoms with Crippen molar-refractivity contribution in [3.63, 3.8) is 0 Å². The predicted octanol–water partition coefficient (Wildman–Crippen LogP) is 2.61. The van der Waals surface area contributed by atoms with Gasteiger partial charge in [-0.1, -0.05) is 12.1 Å². The maximum absolute atomic E-state index is 11.7. The molecule has 2 rings (SSSR count). The van der Waals surface area contributed by atoms with Gasteiger partial charge in [-0.3, -0.25) is 4.79 Å². The third-order valence-corrected chi connectivity index (χ3v) is 4.85. The Morgan fingerprint density at radius 1 is 1.00 bits per heavy atom. The molecule has 0 radical (unpaired) electrons. The van der Waals surface area contributed by atoms with Crippen molar-refractivity contribution in [3.8, 4) is 0 Å². The van der Waals surface area contributed by atoms with Crippen molar-refractivity contribution in [3.05, 3.63) is 54.1 Å². The Balaban J connectivity index is 2.05. The van der Waals surface area contributed by atoms with Gasteiger partial charge in [0.15, 0.2) is 10.9 Å². The van der Waals surface area contributed by atoms with E-state index in [2.05, 4.69) is 15.4 Å². The first-order valence-corrected chi connectivity index (χ1v) is 8.93. The third kappa shape index (κ3) is 4.60. The summed E-state index contributed by atoms with van der Waals surface area (Å²) in [6, 6.07) is 13.2. The van der Waals surface area contributed by atoms with Crippen LogP contribution in [0.5, 0.6) is 0 Å². The van der Waals surface area contributed by atoms with Gasteiger partial charge in [0, 0.05) is 16.9 Å². The summed E-state index contributed by atoms with van der Waals surface area (Å²) in [7, 11) is -2.11. The summed E-state index contributed by atoms with van der Waals surface area (Å²) in [5, 5.41) is 6.27. The van der Waals surface area contributed by atoms with Crippen molar-refractivity contribution < 1.29 is 13.2 Å². The highest BCUT2D eigenvalue weighted by Gasteiger charge is 2.10. The van der Waals surface area contributed by atoms with E-state index in [0.717, 1.165) is 0 Å². The molecule has 0 saturated heterocycles. The number of hydrogen-bond acceptors (Lipinski definition) is 4. The largest absolute Gasteiger partial charge is 0.332 e. The number of anilines is 2. The molecule has 2 aromatic rings. The monoisotopic (exact) mass is 363 g/mol. The molecular weight excluding hydrogens is 346 g/mol. The molecule has 3 N–H and O–H groups in total. The van der Waals surface area contributed by atoms with Crippen LogP contribution in [0.2, 0.25) is 0 Å². The van der Waals surface area contributed by atoms with Crippen LogP contribution in [0.3, 0.4) is 0 Å². The molecule has 0 bridgehead atoms. The number of benzene rings is 2. The van der Waals surface area contributed by atoms with E-state index in [1.165, 1.54) is 26.1 Å². The van der Waals surface area contributed by atoms with Crippen LogP contribution < -0.4 is 15.4 Å². The predicted molar refractivity (Wildman–Crippen MR) is 99.0 cm³/mol. The van der Waals surface area contributed by atoms with Crippen LogP contribution in [0.15, 0.2) is 53.4 Å². The second kappa shape index (κ2) is 7.52. The molecule has 0 aliphatic heterocycles. The fraction of sp³-hybridized carbons (Fsp3) is 0.125. The van der Waals surface area contributed by atoms with E-state index in [1.54, 1.807) is 36.4 Å². The number of carbonyl (C=O) groups excluding carboxylic acids is 1. The number of nitrogens with one attached hydrogen (secondary N) is 3. The van der Waals surface area contributed by atoms with Crippen LogP contribution in [0, 0.1) is 0 Å². The molecule has 126 valence electrons. The molecule has 0 aromatic heterocycles. The molecule has 0 heterocycles. The molecule has 0 amide bonds. The highest BCUT2D eigenvalue weighted by molar-refractivity contribution is 7.89. The average molecular weight is 363 g/mol. The van der Waals surface area contributed by atoms with Gasteiger partial charge in [0.1, 0.15) is 0 Å². The summed E-state index contributed by atoms with van der Waals surface area (Å²) in [6.07, 6.45) is 0. The minimum absolute atomic E-state index is 0.0288. The van der Waals surface area contributed by atoms with Crippen LogP contribution in [0.25, 0.3) is 0 Å². The Kier molecular flexibility index (Phi) is 5.66. The van der Waals surface area contributed by atoms with E-state index in [0.29, 0.717) is 22.1 Å². The summed E-state index contributed by atoms with van der Waals surface area (Å²) in [5.74, 6) is -0.0288. The number of ketones is 1. The van der Waals surface area contributed by atoms with Gasteiger partial charge in [0.05, 0.1) is 4.90 Å². The number of Topliss-reactive ketones (excluding diaryl/α,β-unsaturated/α-hetero) is 1. The molecule has 24 heavy (non-hydrogen) atoms. The topological polar surface area (TPSA) is 87.3 Å². The number of hydrogen-bond donors (Lipinski definition) is 3. The summed E-state index contributed by atoms with van der Waals surface area (Å²) in [5.41, 5.74) is 1.92.